The van der Waals surface area contributed by atoms with E-state index < -0.39 is 0 Å². The quantitative estimate of drug-likeness (QED) is 0.0249. The average Bonchev–Trinajstić information content (AvgIpc) is 0.832. The monoisotopic (exact) mass is 2080 g/mol. The van der Waals surface area contributed by atoms with Crippen LogP contribution in [-0.4, -0.2) is 115 Å². The molecule has 0 fully saturated rings. The van der Waals surface area contributed by atoms with Gasteiger partial charge in [0.2, 0.25) is 0 Å². The third kappa shape index (κ3) is 62.7. The van der Waals surface area contributed by atoms with Crippen molar-refractivity contribution in [3.63, 3.8) is 0 Å². The number of anilines is 5. The molecule has 0 unspecified atom stereocenters. The normalized spacial score (nSPS) is 11.5. The van der Waals surface area contributed by atoms with Crippen LogP contribution in [-0.2, 0) is 0 Å². The minimum atomic E-state index is -0.236. The Morgan fingerprint density at radius 1 is 0.262 bits per heavy atom. The molecule has 0 radical (unpaired) electrons. The highest BCUT2D eigenvalue weighted by Crippen LogP contribution is 2.36. The molecule has 0 amide bonds. The lowest BCUT2D eigenvalue weighted by molar-refractivity contribution is 0.0957. The fourth-order valence-corrected chi connectivity index (χ4v) is 16.2. The molecule has 0 atom stereocenters. The van der Waals surface area contributed by atoms with Gasteiger partial charge >= 0.3 is 0 Å². The number of ketones is 9. The van der Waals surface area contributed by atoms with Crippen molar-refractivity contribution in [2.24, 2.45) is 23.7 Å². The number of hydrogen-bond donors (Lipinski definition) is 3. The molecule has 16 nitrogen and oxygen atoms in total. The summed E-state index contributed by atoms with van der Waals surface area (Å²) < 4.78 is 11.8. The number of nitrogens with zero attached hydrogens (tertiary/aromatic N) is 2. The van der Waals surface area contributed by atoms with E-state index in [2.05, 4.69) is 245 Å². The van der Waals surface area contributed by atoms with Gasteiger partial charge in [-0.2, -0.15) is 0 Å². The molecule has 0 aliphatic heterocycles. The lowest BCUT2D eigenvalue weighted by Gasteiger charge is -2.34. The molecule has 9 aromatic rings. The smallest absolute Gasteiger partial charge is 0.163 e. The number of ether oxygens (including phenoxy) is 2. The third-order valence-electron chi connectivity index (χ3n) is 21.2. The van der Waals surface area contributed by atoms with E-state index in [0.717, 1.165) is 116 Å². The fourth-order valence-electron chi connectivity index (χ4n) is 14.2. The van der Waals surface area contributed by atoms with Gasteiger partial charge in [-0.25, -0.2) is 0 Å². The molecular weight excluding hydrogens is 1880 g/mol. The highest BCUT2D eigenvalue weighted by molar-refractivity contribution is 8.00. The summed E-state index contributed by atoms with van der Waals surface area (Å²) in [7, 11) is 4.12. The Labute approximate surface area is 912 Å². The van der Waals surface area contributed by atoms with Crippen LogP contribution < -0.4 is 35.2 Å². The van der Waals surface area contributed by atoms with Crippen molar-refractivity contribution in [3.8, 4) is 11.5 Å². The minimum absolute atomic E-state index is 0.0136. The Morgan fingerprint density at radius 2 is 0.470 bits per heavy atom. The fraction of sp³-hybridized carbons (Fsp3) is 0.519. The SMILES string of the molecule is CC(C)CC(=O)c1cccc(N(C)C(C)(C)C)c1.CC(C)CC(=O)c1cccc(NC(C)(C)C)c1.CC(C)CC(=O)c1cccc(OC(C)(C)C)c1.CC(C)CC(=O)c1cccc(SC(C)(C)C)c1.CCC(=O)c1cccc(NC(C)(C)C)c1.CCCC(=O)c1cccc(N(C)C(C)(C)C)c1.CCCC(=O)c1cccc(NC(C)(C)C)c1.CCCC(=O)c1cccc(OC(C)(C)C)c1.CCCC(=O)c1cccc(SC(C)(C)C)c1. The predicted octanol–water partition coefficient (Wildman–Crippen LogP) is 36.9. The average molecular weight is 2080 g/mol. The van der Waals surface area contributed by atoms with Gasteiger partial charge in [0, 0.05) is 197 Å². The first-order chi connectivity index (χ1) is 68.6. The summed E-state index contributed by atoms with van der Waals surface area (Å²) >= 11 is 3.60. The molecule has 0 heterocycles. The number of thioether (sulfide) groups is 2. The summed E-state index contributed by atoms with van der Waals surface area (Å²) in [5.41, 5.74) is 12.1. The van der Waals surface area contributed by atoms with Crippen molar-refractivity contribution in [1.29, 1.82) is 0 Å². The van der Waals surface area contributed by atoms with Crippen LogP contribution in [0.15, 0.2) is 228 Å². The summed E-state index contributed by atoms with van der Waals surface area (Å²) in [6.07, 6.45) is 9.07. The standard InChI is InChI=1S/C16H25NO.2C15H23NO.C15H22O2.C15H22OS.C14H21NO.C14H20O2.C14H20OS.C13H19NO/c1-12(2)10-15(18)13-8-7-9-14(11-13)17(6)16(3,4)5;1-11(2)9-14(17)12-7-6-8-13(10-12)16-15(3,4)5;1-6-8-14(17)12-9-7-10-13(11-12)16(5)15(2,3)4;2*1-11(2)9-14(16)12-7-6-8-13(10-12)17-15(3,4)5;1-5-7-13(16)11-8-6-9-12(10-11)15-14(2,3)4;2*1-5-7-13(15)11-8-6-9-12(10-11)16-14(2,3)4;1-5-12(15)10-7-6-8-11(9-10)14-13(2,3)4/h7-9,11-12H,10H2,1-6H3;6-8,10-11,16H,9H2,1-5H3;7,9-11H,6,8H2,1-5H3;2*6-8,10-11H,9H2,1-5H3;6,8-10,15H,5,7H2,1-4H3;2*6,8-10H,5,7H2,1-4H3;6-9,14H,5H2,1-4H3. The van der Waals surface area contributed by atoms with E-state index in [9.17, 15) is 43.2 Å². The molecular formula is C131H195N5O11S2. The highest BCUT2D eigenvalue weighted by atomic mass is 32.2. The molecule has 9 aromatic carbocycles. The van der Waals surface area contributed by atoms with Gasteiger partial charge in [-0.1, -0.05) is 241 Å². The zero-order valence-corrected chi connectivity index (χ0v) is 102. The number of nitrogens with one attached hydrogen (secondary N) is 3. The van der Waals surface area contributed by atoms with Crippen LogP contribution >= 0.6 is 23.5 Å². The lowest BCUT2D eigenvalue weighted by Crippen LogP contribution is -2.38. The summed E-state index contributed by atoms with van der Waals surface area (Å²) in [5, 5.41) is 10.1. The van der Waals surface area contributed by atoms with Gasteiger partial charge in [-0.3, -0.25) is 43.2 Å². The van der Waals surface area contributed by atoms with E-state index >= 15 is 0 Å². The van der Waals surface area contributed by atoms with E-state index in [1.807, 2.05) is 290 Å². The predicted molar refractivity (Wildman–Crippen MR) is 643 cm³/mol. The summed E-state index contributed by atoms with van der Waals surface area (Å²) in [4.78, 5) is 113. The van der Waals surface area contributed by atoms with Gasteiger partial charge in [-0.15, -0.1) is 23.5 Å². The molecule has 0 bridgehead atoms. The van der Waals surface area contributed by atoms with Gasteiger partial charge in [0.05, 0.1) is 0 Å². The van der Waals surface area contributed by atoms with Crippen LogP contribution in [0.4, 0.5) is 28.4 Å². The molecule has 149 heavy (non-hydrogen) atoms. The number of carbonyl (C=O) groups excluding carboxylic acids is 9. The molecule has 0 spiro atoms. The van der Waals surface area contributed by atoms with Gasteiger partial charge in [-0.05, 0) is 304 Å². The van der Waals surface area contributed by atoms with Crippen molar-refractivity contribution >= 4 is 104 Å². The van der Waals surface area contributed by atoms with Gasteiger partial charge < -0.3 is 35.2 Å². The molecule has 18 heteroatoms. The zero-order chi connectivity index (χ0) is 114. The van der Waals surface area contributed by atoms with Gasteiger partial charge in [0.15, 0.2) is 52.0 Å². The maximum Gasteiger partial charge on any atom is 0.163 e. The zero-order valence-electron chi connectivity index (χ0n) is 100.0. The van der Waals surface area contributed by atoms with Crippen molar-refractivity contribution in [2.75, 3.05) is 39.8 Å². The molecule has 0 saturated carbocycles. The maximum absolute atomic E-state index is 12.1. The van der Waals surface area contributed by atoms with Gasteiger partial charge in [0.1, 0.15) is 22.7 Å². The van der Waals surface area contributed by atoms with E-state index in [4.69, 9.17) is 9.47 Å². The van der Waals surface area contributed by atoms with Crippen LogP contribution in [0.25, 0.3) is 0 Å². The largest absolute Gasteiger partial charge is 0.488 e. The first-order valence-electron chi connectivity index (χ1n) is 53.9. The molecule has 822 valence electrons. The van der Waals surface area contributed by atoms with E-state index in [1.54, 1.807) is 23.5 Å². The summed E-state index contributed by atoms with van der Waals surface area (Å²) in [6, 6.07) is 69.8. The highest BCUT2D eigenvalue weighted by Gasteiger charge is 2.25. The van der Waals surface area contributed by atoms with Crippen LogP contribution in [0, 0.1) is 23.7 Å². The van der Waals surface area contributed by atoms with Crippen molar-refractivity contribution in [3.05, 3.63) is 268 Å². The van der Waals surface area contributed by atoms with Crippen LogP contribution in [0.5, 0.6) is 11.5 Å². The van der Waals surface area contributed by atoms with Crippen molar-refractivity contribution in [2.45, 2.75) is 419 Å². The number of benzene rings is 9. The van der Waals surface area contributed by atoms with Crippen LogP contribution in [0.3, 0.4) is 0 Å². The number of carbonyl (C=O) groups is 9. The molecule has 9 rings (SSSR count). The van der Waals surface area contributed by atoms with E-state index in [0.29, 0.717) is 81.5 Å². The molecule has 3 N–H and O–H groups in total. The molecule has 0 saturated heterocycles. The number of Topliss-reactive ketones (excluding diaryl/α,β-unsaturated/α-hetero) is 9. The van der Waals surface area contributed by atoms with Crippen LogP contribution in [0.2, 0.25) is 0 Å². The summed E-state index contributed by atoms with van der Waals surface area (Å²) in [5.74, 6) is 5.08. The lowest BCUT2D eigenvalue weighted by atomic mass is 9.99. The second kappa shape index (κ2) is 64.9. The maximum atomic E-state index is 12.1. The van der Waals surface area contributed by atoms with Crippen molar-refractivity contribution in [1.82, 2.24) is 0 Å². The second-order valence-corrected chi connectivity index (χ2v) is 52.8. The second-order valence-electron chi connectivity index (χ2n) is 49.0. The number of rotatable bonds is 35. The first-order valence-corrected chi connectivity index (χ1v) is 55.5. The Kier molecular flexibility index (Phi) is 59.4. The summed E-state index contributed by atoms with van der Waals surface area (Å²) in [6.45, 7) is 83.4. The van der Waals surface area contributed by atoms with Crippen molar-refractivity contribution < 1.29 is 52.6 Å². The minimum Gasteiger partial charge on any atom is -0.488 e. The topological polar surface area (TPSA) is 215 Å². The van der Waals surface area contributed by atoms with Crippen LogP contribution in [0.1, 0.15) is 454 Å². The van der Waals surface area contributed by atoms with E-state index in [-0.39, 0.29) is 100 Å². The number of hydrogen-bond acceptors (Lipinski definition) is 18. The molecule has 0 aliphatic carbocycles. The molecule has 0 aromatic heterocycles. The van der Waals surface area contributed by atoms with E-state index in [1.165, 1.54) is 9.79 Å². The Bertz CT molecular complexity index is 5220. The Balaban J connectivity index is 0.000000838. The van der Waals surface area contributed by atoms with Gasteiger partial charge in [0.25, 0.3) is 0 Å². The Morgan fingerprint density at radius 3 is 0.705 bits per heavy atom. The first kappa shape index (κ1) is 136. The third-order valence-corrected chi connectivity index (χ3v) is 23.4. The Hall–Kier alpha value is -10.7. The molecule has 0 aliphatic rings.